The molecule has 0 aliphatic carbocycles. The summed E-state index contributed by atoms with van der Waals surface area (Å²) in [5.74, 6) is -0.107. The second-order valence-electron chi connectivity index (χ2n) is 6.58. The molecule has 0 saturated carbocycles. The monoisotopic (exact) mass is 360 g/mol. The van der Waals surface area contributed by atoms with Gasteiger partial charge in [-0.25, -0.2) is 4.98 Å². The van der Waals surface area contributed by atoms with Crippen molar-refractivity contribution in [3.8, 4) is 0 Å². The van der Waals surface area contributed by atoms with Crippen molar-refractivity contribution in [2.75, 3.05) is 26.3 Å². The quantitative estimate of drug-likeness (QED) is 0.895. The summed E-state index contributed by atoms with van der Waals surface area (Å²) in [4.78, 5) is 36.5. The fourth-order valence-corrected chi connectivity index (χ4v) is 4.84. The smallest absolute Gasteiger partial charge is 0.259 e. The van der Waals surface area contributed by atoms with Crippen molar-refractivity contribution in [1.29, 1.82) is 0 Å². The third kappa shape index (κ3) is 3.00. The Kier molecular flexibility index (Phi) is 4.39. The highest BCUT2D eigenvalue weighted by atomic mass is 32.1. The number of aromatic nitrogens is 2. The van der Waals surface area contributed by atoms with Crippen molar-refractivity contribution in [3.63, 3.8) is 0 Å². The number of rotatable bonds is 3. The molecule has 0 spiro atoms. The van der Waals surface area contributed by atoms with Crippen LogP contribution in [0.3, 0.4) is 0 Å². The van der Waals surface area contributed by atoms with Crippen molar-refractivity contribution in [2.24, 2.45) is 11.7 Å². The van der Waals surface area contributed by atoms with E-state index in [0.29, 0.717) is 31.2 Å². The first-order valence-corrected chi connectivity index (χ1v) is 9.36. The van der Waals surface area contributed by atoms with Gasteiger partial charge in [0.05, 0.1) is 4.88 Å². The number of primary amides is 1. The van der Waals surface area contributed by atoms with Gasteiger partial charge in [-0.05, 0) is 19.3 Å². The van der Waals surface area contributed by atoms with Gasteiger partial charge in [-0.15, -0.1) is 11.3 Å². The first kappa shape index (κ1) is 16.4. The topological polar surface area (TPSA) is 98.4 Å². The van der Waals surface area contributed by atoms with Crippen molar-refractivity contribution in [1.82, 2.24) is 14.9 Å². The highest BCUT2D eigenvalue weighted by molar-refractivity contribution is 7.20. The third-order valence-corrected chi connectivity index (χ3v) is 6.18. The summed E-state index contributed by atoms with van der Waals surface area (Å²) < 4.78 is 5.35. The molecule has 2 N–H and O–H groups in total. The summed E-state index contributed by atoms with van der Waals surface area (Å²) in [6.45, 7) is 2.63. The highest BCUT2D eigenvalue weighted by Gasteiger charge is 2.35. The van der Waals surface area contributed by atoms with Crippen molar-refractivity contribution >= 4 is 33.5 Å². The van der Waals surface area contributed by atoms with E-state index in [9.17, 15) is 9.59 Å². The number of likely N-dealkylation sites (tertiary alicyclic amines) is 1. The van der Waals surface area contributed by atoms with Crippen LogP contribution in [0.25, 0.3) is 10.3 Å². The second-order valence-corrected chi connectivity index (χ2v) is 7.57. The molecule has 2 aliphatic rings. The minimum absolute atomic E-state index is 0.0575. The van der Waals surface area contributed by atoms with Gasteiger partial charge in [0.1, 0.15) is 10.3 Å². The molecule has 4 heterocycles. The van der Waals surface area contributed by atoms with Gasteiger partial charge in [0.25, 0.3) is 5.91 Å². The number of nitrogens with two attached hydrogens (primary N) is 1. The fourth-order valence-electron chi connectivity index (χ4n) is 3.80. The number of amides is 2. The Hall–Kier alpha value is -2.06. The summed E-state index contributed by atoms with van der Waals surface area (Å²) in [6, 6.07) is 0. The average molecular weight is 360 g/mol. The molecule has 0 radical (unpaired) electrons. The van der Waals surface area contributed by atoms with Gasteiger partial charge in [-0.2, -0.15) is 0 Å². The number of hydrogen-bond donors (Lipinski definition) is 1. The van der Waals surface area contributed by atoms with E-state index in [1.54, 1.807) is 12.4 Å². The van der Waals surface area contributed by atoms with E-state index >= 15 is 0 Å². The van der Waals surface area contributed by atoms with Gasteiger partial charge in [-0.3, -0.25) is 14.6 Å². The van der Waals surface area contributed by atoms with Crippen LogP contribution < -0.4 is 5.73 Å². The Morgan fingerprint density at radius 1 is 1.20 bits per heavy atom. The summed E-state index contributed by atoms with van der Waals surface area (Å²) >= 11 is 1.29. The number of carbonyl (C=O) groups excluding carboxylic acids is 2. The van der Waals surface area contributed by atoms with Gasteiger partial charge >= 0.3 is 0 Å². The number of fused-ring (bicyclic) bond motifs is 1. The minimum Gasteiger partial charge on any atom is -0.381 e. The number of ether oxygens (including phenoxy) is 1. The van der Waals surface area contributed by atoms with E-state index in [4.69, 9.17) is 10.5 Å². The number of nitrogens with zero attached hydrogens (tertiary/aromatic N) is 3. The zero-order valence-electron chi connectivity index (χ0n) is 13.8. The molecule has 132 valence electrons. The number of thiophene rings is 1. The standard InChI is InChI=1S/C17H20N4O3S/c18-15(22)14-12(13-16(25-14)20-5-4-19-13)11-1-6-21(9-11)17(23)10-2-7-24-8-3-10/h4-5,10-11H,1-3,6-9H2,(H2,18,22)/t11-/m0/s1. The lowest BCUT2D eigenvalue weighted by Crippen LogP contribution is -2.37. The van der Waals surface area contributed by atoms with Crippen LogP contribution >= 0.6 is 11.3 Å². The van der Waals surface area contributed by atoms with Crippen LogP contribution in [0.1, 0.15) is 40.4 Å². The first-order chi connectivity index (χ1) is 12.1. The van der Waals surface area contributed by atoms with Crippen LogP contribution in [0.5, 0.6) is 0 Å². The van der Waals surface area contributed by atoms with Gasteiger partial charge in [0.2, 0.25) is 5.91 Å². The molecule has 7 nitrogen and oxygen atoms in total. The molecule has 25 heavy (non-hydrogen) atoms. The maximum absolute atomic E-state index is 12.8. The van der Waals surface area contributed by atoms with Gasteiger partial charge in [0.15, 0.2) is 0 Å². The number of hydrogen-bond acceptors (Lipinski definition) is 6. The average Bonchev–Trinajstić information content (AvgIpc) is 3.26. The van der Waals surface area contributed by atoms with Gasteiger partial charge in [-0.1, -0.05) is 0 Å². The van der Waals surface area contributed by atoms with Crippen molar-refractivity contribution < 1.29 is 14.3 Å². The van der Waals surface area contributed by atoms with Crippen LogP contribution in [0, 0.1) is 5.92 Å². The Morgan fingerprint density at radius 3 is 2.72 bits per heavy atom. The van der Waals surface area contributed by atoms with Gasteiger partial charge < -0.3 is 15.4 Å². The molecule has 2 amide bonds. The normalized spacial score (nSPS) is 21.8. The summed E-state index contributed by atoms with van der Waals surface area (Å²) in [6.07, 6.45) is 5.64. The molecule has 2 aromatic rings. The molecule has 0 unspecified atom stereocenters. The van der Waals surface area contributed by atoms with Gasteiger partial charge in [0, 0.05) is 56.1 Å². The number of carbonyl (C=O) groups is 2. The third-order valence-electron chi connectivity index (χ3n) is 5.07. The van der Waals surface area contributed by atoms with Crippen LogP contribution in [-0.4, -0.2) is 53.0 Å². The summed E-state index contributed by atoms with van der Waals surface area (Å²) in [5, 5.41) is 0. The molecule has 8 heteroatoms. The van der Waals surface area contributed by atoms with Crippen LogP contribution in [0.15, 0.2) is 12.4 Å². The lowest BCUT2D eigenvalue weighted by molar-refractivity contribution is -0.137. The van der Waals surface area contributed by atoms with E-state index < -0.39 is 5.91 Å². The molecule has 0 aromatic carbocycles. The van der Waals surface area contributed by atoms with Crippen LogP contribution in [0.2, 0.25) is 0 Å². The minimum atomic E-state index is -0.450. The molecule has 2 saturated heterocycles. The SMILES string of the molecule is NC(=O)c1sc2nccnc2c1[C@H]1CCN(C(=O)C2CCOCC2)C1. The Labute approximate surface area is 149 Å². The Bertz CT molecular complexity index is 815. The zero-order chi connectivity index (χ0) is 17.4. The Balaban J connectivity index is 1.59. The molecular weight excluding hydrogens is 340 g/mol. The van der Waals surface area contributed by atoms with E-state index in [1.165, 1.54) is 11.3 Å². The Morgan fingerprint density at radius 2 is 1.96 bits per heavy atom. The highest BCUT2D eigenvalue weighted by Crippen LogP contribution is 2.38. The molecule has 4 rings (SSSR count). The van der Waals surface area contributed by atoms with Crippen molar-refractivity contribution in [2.45, 2.75) is 25.2 Å². The van der Waals surface area contributed by atoms with E-state index in [-0.39, 0.29) is 17.7 Å². The van der Waals surface area contributed by atoms with Crippen molar-refractivity contribution in [3.05, 3.63) is 22.8 Å². The fraction of sp³-hybridized carbons (Fsp3) is 0.529. The molecule has 2 aromatic heterocycles. The maximum atomic E-state index is 12.8. The molecular formula is C17H20N4O3S. The predicted molar refractivity (Wildman–Crippen MR) is 93.4 cm³/mol. The van der Waals surface area contributed by atoms with E-state index in [0.717, 1.165) is 35.2 Å². The molecule has 1 atom stereocenters. The van der Waals surface area contributed by atoms with E-state index in [1.807, 2.05) is 4.90 Å². The van der Waals surface area contributed by atoms with Crippen LogP contribution in [-0.2, 0) is 9.53 Å². The largest absolute Gasteiger partial charge is 0.381 e. The maximum Gasteiger partial charge on any atom is 0.259 e. The second kappa shape index (κ2) is 6.68. The molecule has 0 bridgehead atoms. The zero-order valence-corrected chi connectivity index (χ0v) is 14.6. The summed E-state index contributed by atoms with van der Waals surface area (Å²) in [5.41, 5.74) is 7.18. The molecule has 2 aliphatic heterocycles. The molecule has 2 fully saturated rings. The summed E-state index contributed by atoms with van der Waals surface area (Å²) in [7, 11) is 0. The first-order valence-electron chi connectivity index (χ1n) is 8.55. The van der Waals surface area contributed by atoms with Crippen LogP contribution in [0.4, 0.5) is 0 Å². The predicted octanol–water partition coefficient (Wildman–Crippen LogP) is 1.53. The van der Waals surface area contributed by atoms with E-state index in [2.05, 4.69) is 9.97 Å². The lowest BCUT2D eigenvalue weighted by Gasteiger charge is -2.26. The lowest BCUT2D eigenvalue weighted by atomic mass is 9.97.